The van der Waals surface area contributed by atoms with Crippen molar-refractivity contribution in [1.82, 2.24) is 4.98 Å². The number of likely N-dealkylation sites (N-methyl/N-ethyl adjacent to an activating group) is 1. The number of anilines is 1. The number of hydrogen-bond donors (Lipinski definition) is 0. The summed E-state index contributed by atoms with van der Waals surface area (Å²) in [6.07, 6.45) is 3.78. The molecule has 4 nitrogen and oxygen atoms in total. The highest BCUT2D eigenvalue weighted by Gasteiger charge is 2.18. The first-order valence-corrected chi connectivity index (χ1v) is 6.83. The van der Waals surface area contributed by atoms with Crippen molar-refractivity contribution in [2.75, 3.05) is 25.1 Å². The monoisotopic (exact) mass is 259 g/mol. The average Bonchev–Trinajstić information content (AvgIpc) is 2.39. The molecule has 1 saturated heterocycles. The Morgan fingerprint density at radius 3 is 2.89 bits per heavy atom. The van der Waals surface area contributed by atoms with Gasteiger partial charge >= 0.3 is 0 Å². The molecule has 0 N–H and O–H groups in total. The fraction of sp³-hybridized carbons (Fsp3) is 0.600. The highest BCUT2D eigenvalue weighted by Crippen LogP contribution is 2.24. The molecule has 1 aliphatic heterocycles. The quantitative estimate of drug-likeness (QED) is 0.837. The Bertz CT molecular complexity index is 487. The zero-order chi connectivity index (χ0) is 13.8. The Labute approximate surface area is 115 Å². The molecule has 1 fully saturated rings. The molecular weight excluding hydrogens is 238 g/mol. The van der Waals surface area contributed by atoms with Crippen LogP contribution in [0.5, 0.6) is 0 Å². The number of aromatic nitrogens is 1. The maximum atomic E-state index is 9.30. The number of rotatable bonds is 3. The van der Waals surface area contributed by atoms with E-state index in [-0.39, 0.29) is 6.10 Å². The summed E-state index contributed by atoms with van der Waals surface area (Å²) >= 11 is 0. The van der Waals surface area contributed by atoms with Crippen molar-refractivity contribution in [2.24, 2.45) is 0 Å². The third-order valence-electron chi connectivity index (χ3n) is 3.58. The van der Waals surface area contributed by atoms with Gasteiger partial charge in [0.05, 0.1) is 23.0 Å². The van der Waals surface area contributed by atoms with Crippen LogP contribution in [0.25, 0.3) is 0 Å². The second-order valence-corrected chi connectivity index (χ2v) is 5.22. The van der Waals surface area contributed by atoms with Crippen LogP contribution in [0.1, 0.15) is 36.2 Å². The molecule has 2 rings (SSSR count). The highest BCUT2D eigenvalue weighted by atomic mass is 16.5. The number of nitrogens with zero attached hydrogens (tertiary/aromatic N) is 3. The Morgan fingerprint density at radius 2 is 2.26 bits per heavy atom. The number of aryl methyl sites for hydroxylation is 2. The van der Waals surface area contributed by atoms with Crippen molar-refractivity contribution in [3.8, 4) is 6.07 Å². The predicted molar refractivity (Wildman–Crippen MR) is 75.3 cm³/mol. The molecule has 0 aromatic carbocycles. The standard InChI is InChI=1S/C15H21N3O/c1-11-8-15(14(9-16)12(2)17-11)18(3)10-13-6-4-5-7-19-13/h8,13H,4-7,10H2,1-3H3. The lowest BCUT2D eigenvalue weighted by molar-refractivity contribution is 0.0216. The van der Waals surface area contributed by atoms with Gasteiger partial charge in [-0.2, -0.15) is 5.26 Å². The summed E-state index contributed by atoms with van der Waals surface area (Å²) < 4.78 is 5.76. The largest absolute Gasteiger partial charge is 0.376 e. The van der Waals surface area contributed by atoms with Crippen molar-refractivity contribution < 1.29 is 4.74 Å². The lowest BCUT2D eigenvalue weighted by Gasteiger charge is -2.29. The molecule has 102 valence electrons. The van der Waals surface area contributed by atoms with Gasteiger partial charge in [0, 0.05) is 25.9 Å². The lowest BCUT2D eigenvalue weighted by atomic mass is 10.1. The van der Waals surface area contributed by atoms with Gasteiger partial charge < -0.3 is 9.64 Å². The first-order chi connectivity index (χ1) is 9.11. The van der Waals surface area contributed by atoms with Gasteiger partial charge in [-0.3, -0.25) is 4.98 Å². The van der Waals surface area contributed by atoms with Crippen LogP contribution in [0, 0.1) is 25.2 Å². The average molecular weight is 259 g/mol. The molecule has 0 radical (unpaired) electrons. The van der Waals surface area contributed by atoms with Crippen LogP contribution >= 0.6 is 0 Å². The van der Waals surface area contributed by atoms with E-state index in [1.54, 1.807) is 0 Å². The third kappa shape index (κ3) is 3.24. The van der Waals surface area contributed by atoms with E-state index < -0.39 is 0 Å². The smallest absolute Gasteiger partial charge is 0.103 e. The fourth-order valence-corrected chi connectivity index (χ4v) is 2.60. The van der Waals surface area contributed by atoms with E-state index in [0.29, 0.717) is 5.56 Å². The Hall–Kier alpha value is -1.60. The minimum absolute atomic E-state index is 0.277. The molecule has 1 atom stereocenters. The second-order valence-electron chi connectivity index (χ2n) is 5.22. The van der Waals surface area contributed by atoms with Gasteiger partial charge in [0.25, 0.3) is 0 Å². The molecule has 1 aromatic heterocycles. The van der Waals surface area contributed by atoms with Crippen molar-refractivity contribution in [2.45, 2.75) is 39.2 Å². The molecule has 4 heteroatoms. The Balaban J connectivity index is 2.18. The SMILES string of the molecule is Cc1cc(N(C)CC2CCCCO2)c(C#N)c(C)n1. The molecule has 2 heterocycles. The second kappa shape index (κ2) is 6.03. The molecule has 19 heavy (non-hydrogen) atoms. The number of hydrogen-bond acceptors (Lipinski definition) is 4. The maximum Gasteiger partial charge on any atom is 0.103 e. The summed E-state index contributed by atoms with van der Waals surface area (Å²) in [7, 11) is 2.02. The maximum absolute atomic E-state index is 9.30. The summed E-state index contributed by atoms with van der Waals surface area (Å²) in [5, 5.41) is 9.30. The zero-order valence-electron chi connectivity index (χ0n) is 11.9. The van der Waals surface area contributed by atoms with E-state index in [4.69, 9.17) is 4.74 Å². The number of pyridine rings is 1. The molecule has 1 aromatic rings. The molecule has 0 aliphatic carbocycles. The topological polar surface area (TPSA) is 49.1 Å². The van der Waals surface area contributed by atoms with Gasteiger partial charge in [-0.15, -0.1) is 0 Å². The van der Waals surface area contributed by atoms with Crippen LogP contribution in [0.2, 0.25) is 0 Å². The van der Waals surface area contributed by atoms with Crippen molar-refractivity contribution in [1.29, 1.82) is 5.26 Å². The highest BCUT2D eigenvalue weighted by molar-refractivity contribution is 5.61. The normalized spacial score (nSPS) is 18.9. The molecule has 0 spiro atoms. The van der Waals surface area contributed by atoms with Crippen molar-refractivity contribution >= 4 is 5.69 Å². The first kappa shape index (κ1) is 13.8. The predicted octanol–water partition coefficient (Wildman–Crippen LogP) is 2.58. The van der Waals surface area contributed by atoms with Crippen LogP contribution in [0.4, 0.5) is 5.69 Å². The van der Waals surface area contributed by atoms with Gasteiger partial charge in [0.15, 0.2) is 0 Å². The van der Waals surface area contributed by atoms with E-state index >= 15 is 0 Å². The number of nitriles is 1. The minimum Gasteiger partial charge on any atom is -0.376 e. The van der Waals surface area contributed by atoms with Gasteiger partial charge in [0.1, 0.15) is 6.07 Å². The molecule has 1 unspecified atom stereocenters. The minimum atomic E-state index is 0.277. The van der Waals surface area contributed by atoms with Crippen LogP contribution < -0.4 is 4.90 Å². The molecular formula is C15H21N3O. The molecule has 0 saturated carbocycles. The van der Waals surface area contributed by atoms with E-state index in [1.807, 2.05) is 27.0 Å². The van der Waals surface area contributed by atoms with E-state index in [1.165, 1.54) is 6.42 Å². The van der Waals surface area contributed by atoms with Gasteiger partial charge in [-0.1, -0.05) is 0 Å². The van der Waals surface area contributed by atoms with Crippen LogP contribution in [-0.2, 0) is 4.74 Å². The summed E-state index contributed by atoms with van der Waals surface area (Å²) in [6.45, 7) is 5.54. The summed E-state index contributed by atoms with van der Waals surface area (Å²) in [5.41, 5.74) is 3.38. The Morgan fingerprint density at radius 1 is 1.47 bits per heavy atom. The Kier molecular flexibility index (Phi) is 4.39. The van der Waals surface area contributed by atoms with E-state index in [9.17, 15) is 5.26 Å². The van der Waals surface area contributed by atoms with Crippen LogP contribution in [0.3, 0.4) is 0 Å². The summed E-state index contributed by atoms with van der Waals surface area (Å²) in [5.74, 6) is 0. The van der Waals surface area contributed by atoms with E-state index in [0.717, 1.165) is 43.1 Å². The first-order valence-electron chi connectivity index (χ1n) is 6.83. The van der Waals surface area contributed by atoms with E-state index in [2.05, 4.69) is 16.0 Å². The molecule has 0 amide bonds. The van der Waals surface area contributed by atoms with Crippen LogP contribution in [0.15, 0.2) is 6.07 Å². The van der Waals surface area contributed by atoms with Gasteiger partial charge in [-0.25, -0.2) is 0 Å². The summed E-state index contributed by atoms with van der Waals surface area (Å²) in [4.78, 5) is 6.48. The zero-order valence-corrected chi connectivity index (χ0v) is 11.9. The van der Waals surface area contributed by atoms with Gasteiger partial charge in [0.2, 0.25) is 0 Å². The van der Waals surface area contributed by atoms with Crippen LogP contribution in [-0.4, -0.2) is 31.3 Å². The van der Waals surface area contributed by atoms with Crippen molar-refractivity contribution in [3.63, 3.8) is 0 Å². The molecule has 1 aliphatic rings. The fourth-order valence-electron chi connectivity index (χ4n) is 2.60. The van der Waals surface area contributed by atoms with Crippen molar-refractivity contribution in [3.05, 3.63) is 23.0 Å². The number of ether oxygens (including phenoxy) is 1. The summed E-state index contributed by atoms with van der Waals surface area (Å²) in [6, 6.07) is 4.24. The lowest BCUT2D eigenvalue weighted by Crippen LogP contribution is -2.33. The third-order valence-corrected chi connectivity index (χ3v) is 3.58. The van der Waals surface area contributed by atoms with Gasteiger partial charge in [-0.05, 0) is 39.2 Å². The molecule has 0 bridgehead atoms.